The third-order valence-corrected chi connectivity index (χ3v) is 4.10. The van der Waals surface area contributed by atoms with Gasteiger partial charge in [-0.05, 0) is 37.3 Å². The Labute approximate surface area is 156 Å². The zero-order chi connectivity index (χ0) is 18.5. The number of hydrogen-bond acceptors (Lipinski definition) is 3. The minimum absolute atomic E-state index is 0.0496. The third kappa shape index (κ3) is 3.66. The highest BCUT2D eigenvalue weighted by Crippen LogP contribution is 2.26. The molecular formula is C20H15ClN4O. The van der Waals surface area contributed by atoms with E-state index in [2.05, 4.69) is 10.4 Å². The van der Waals surface area contributed by atoms with Crippen molar-refractivity contribution in [3.63, 3.8) is 0 Å². The maximum atomic E-state index is 12.4. The second kappa shape index (κ2) is 7.68. The summed E-state index contributed by atoms with van der Waals surface area (Å²) in [5.41, 5.74) is 2.52. The number of rotatable bonds is 4. The molecule has 1 N–H and O–H groups in total. The molecule has 0 aliphatic carbocycles. The molecule has 0 atom stereocenters. The highest BCUT2D eigenvalue weighted by molar-refractivity contribution is 6.31. The zero-order valence-corrected chi connectivity index (χ0v) is 14.7. The van der Waals surface area contributed by atoms with Crippen molar-refractivity contribution in [2.75, 3.05) is 5.32 Å². The first kappa shape index (κ1) is 17.5. The summed E-state index contributed by atoms with van der Waals surface area (Å²) in [7, 11) is 0. The van der Waals surface area contributed by atoms with Gasteiger partial charge in [-0.2, -0.15) is 10.4 Å². The molecule has 3 rings (SSSR count). The average molecular weight is 363 g/mol. The van der Waals surface area contributed by atoms with Crippen LogP contribution in [0.4, 0.5) is 5.69 Å². The van der Waals surface area contributed by atoms with Gasteiger partial charge in [-0.3, -0.25) is 4.79 Å². The topological polar surface area (TPSA) is 70.7 Å². The van der Waals surface area contributed by atoms with E-state index in [1.54, 1.807) is 35.9 Å². The van der Waals surface area contributed by atoms with E-state index >= 15 is 0 Å². The van der Waals surface area contributed by atoms with E-state index in [-0.39, 0.29) is 5.57 Å². The second-order valence-corrected chi connectivity index (χ2v) is 5.89. The van der Waals surface area contributed by atoms with Gasteiger partial charge in [0.2, 0.25) is 0 Å². The minimum Gasteiger partial charge on any atom is -0.321 e. The van der Waals surface area contributed by atoms with Crippen molar-refractivity contribution in [2.24, 2.45) is 0 Å². The molecule has 2 aromatic carbocycles. The first-order valence-electron chi connectivity index (χ1n) is 7.89. The van der Waals surface area contributed by atoms with Crippen molar-refractivity contribution in [1.29, 1.82) is 5.26 Å². The van der Waals surface area contributed by atoms with E-state index < -0.39 is 5.91 Å². The van der Waals surface area contributed by atoms with Gasteiger partial charge in [0.1, 0.15) is 16.8 Å². The summed E-state index contributed by atoms with van der Waals surface area (Å²) < 4.78 is 1.58. The molecular weight excluding hydrogens is 348 g/mol. The first-order valence-corrected chi connectivity index (χ1v) is 8.26. The Morgan fingerprint density at radius 2 is 1.77 bits per heavy atom. The number of carbonyl (C=O) groups is 1. The number of hydrogen-bond donors (Lipinski definition) is 1. The third-order valence-electron chi connectivity index (χ3n) is 3.73. The maximum absolute atomic E-state index is 12.4. The van der Waals surface area contributed by atoms with Gasteiger partial charge in [-0.15, -0.1) is 0 Å². The lowest BCUT2D eigenvalue weighted by atomic mass is 10.1. The number of halogens is 1. The smallest absolute Gasteiger partial charge is 0.266 e. The Balaban J connectivity index is 1.94. The van der Waals surface area contributed by atoms with E-state index in [4.69, 9.17) is 11.6 Å². The fourth-order valence-corrected chi connectivity index (χ4v) is 2.75. The molecule has 0 saturated heterocycles. The van der Waals surface area contributed by atoms with Gasteiger partial charge in [-0.25, -0.2) is 4.68 Å². The molecule has 5 nitrogen and oxygen atoms in total. The van der Waals surface area contributed by atoms with Crippen LogP contribution in [-0.2, 0) is 4.79 Å². The summed E-state index contributed by atoms with van der Waals surface area (Å²) in [6, 6.07) is 20.3. The average Bonchev–Trinajstić information content (AvgIpc) is 2.95. The van der Waals surface area contributed by atoms with Gasteiger partial charge in [-0.1, -0.05) is 48.0 Å². The van der Waals surface area contributed by atoms with Crippen LogP contribution in [0.1, 0.15) is 11.3 Å². The fourth-order valence-electron chi connectivity index (χ4n) is 2.43. The Morgan fingerprint density at radius 3 is 2.38 bits per heavy atom. The lowest BCUT2D eigenvalue weighted by Crippen LogP contribution is -2.13. The summed E-state index contributed by atoms with van der Waals surface area (Å²) in [6.45, 7) is 1.78. The maximum Gasteiger partial charge on any atom is 0.266 e. The van der Waals surface area contributed by atoms with Crippen LogP contribution in [0.5, 0.6) is 0 Å². The van der Waals surface area contributed by atoms with Crippen LogP contribution in [0.25, 0.3) is 11.8 Å². The number of nitrogens with zero attached hydrogens (tertiary/aromatic N) is 3. The zero-order valence-electron chi connectivity index (χ0n) is 14.0. The van der Waals surface area contributed by atoms with Crippen molar-refractivity contribution in [2.45, 2.75) is 6.92 Å². The van der Waals surface area contributed by atoms with Gasteiger partial charge >= 0.3 is 0 Å². The molecule has 0 spiro atoms. The largest absolute Gasteiger partial charge is 0.321 e. The van der Waals surface area contributed by atoms with Gasteiger partial charge in [0.15, 0.2) is 0 Å². The summed E-state index contributed by atoms with van der Waals surface area (Å²) in [6.07, 6.45) is 1.46. The van der Waals surface area contributed by atoms with Crippen LogP contribution >= 0.6 is 11.6 Å². The second-order valence-electron chi connectivity index (χ2n) is 5.53. The SMILES string of the molecule is Cc1nn(-c2ccccc2)c(Cl)c1/C=C(\C#N)C(=O)Nc1ccccc1. The summed E-state index contributed by atoms with van der Waals surface area (Å²) in [4.78, 5) is 12.4. The predicted octanol–water partition coefficient (Wildman–Crippen LogP) is 4.38. The molecule has 0 fully saturated rings. The van der Waals surface area contributed by atoms with Gasteiger partial charge in [0.05, 0.1) is 11.4 Å². The van der Waals surface area contributed by atoms with Crippen molar-refractivity contribution >= 4 is 29.3 Å². The lowest BCUT2D eigenvalue weighted by Gasteiger charge is -2.04. The van der Waals surface area contributed by atoms with Gasteiger partial charge in [0, 0.05) is 11.3 Å². The number of amides is 1. The monoisotopic (exact) mass is 362 g/mol. The van der Waals surface area contributed by atoms with Crippen molar-refractivity contribution in [1.82, 2.24) is 9.78 Å². The molecule has 1 heterocycles. The molecule has 0 saturated carbocycles. The van der Waals surface area contributed by atoms with Crippen LogP contribution < -0.4 is 5.32 Å². The molecule has 1 aromatic heterocycles. The Bertz CT molecular complexity index is 1000. The quantitative estimate of drug-likeness (QED) is 0.553. The van der Waals surface area contributed by atoms with E-state index in [0.29, 0.717) is 22.1 Å². The molecule has 0 bridgehead atoms. The number of aryl methyl sites for hydroxylation is 1. The van der Waals surface area contributed by atoms with Crippen LogP contribution in [-0.4, -0.2) is 15.7 Å². The molecule has 1 amide bonds. The highest BCUT2D eigenvalue weighted by atomic mass is 35.5. The minimum atomic E-state index is -0.498. The predicted molar refractivity (Wildman–Crippen MR) is 102 cm³/mol. The number of nitrogens with one attached hydrogen (secondary N) is 1. The summed E-state index contributed by atoms with van der Waals surface area (Å²) in [5, 5.41) is 16.8. The molecule has 26 heavy (non-hydrogen) atoms. The standard InChI is InChI=1S/C20H15ClN4O/c1-14-18(19(21)25(24-14)17-10-6-3-7-11-17)12-15(13-22)20(26)23-16-8-4-2-5-9-16/h2-12H,1H3,(H,23,26)/b15-12+. The number of anilines is 1. The number of benzene rings is 2. The molecule has 0 radical (unpaired) electrons. The number of carbonyl (C=O) groups excluding carboxylic acids is 1. The fraction of sp³-hybridized carbons (Fsp3) is 0.0500. The van der Waals surface area contributed by atoms with Crippen LogP contribution in [0.2, 0.25) is 5.15 Å². The van der Waals surface area contributed by atoms with Crippen molar-refractivity contribution in [3.8, 4) is 11.8 Å². The summed E-state index contributed by atoms with van der Waals surface area (Å²) in [5.74, 6) is -0.498. The Morgan fingerprint density at radius 1 is 1.15 bits per heavy atom. The van der Waals surface area contributed by atoms with Crippen LogP contribution in [0, 0.1) is 18.3 Å². The van der Waals surface area contributed by atoms with Crippen molar-refractivity contribution < 1.29 is 4.79 Å². The van der Waals surface area contributed by atoms with E-state index in [0.717, 1.165) is 5.69 Å². The van der Waals surface area contributed by atoms with Gasteiger partial charge in [0.25, 0.3) is 5.91 Å². The molecule has 0 unspecified atom stereocenters. The number of nitriles is 1. The Hall–Kier alpha value is -3.36. The number of aromatic nitrogens is 2. The lowest BCUT2D eigenvalue weighted by molar-refractivity contribution is -0.112. The molecule has 0 aliphatic rings. The number of para-hydroxylation sites is 2. The Kier molecular flexibility index (Phi) is 5.16. The normalized spacial score (nSPS) is 11.0. The van der Waals surface area contributed by atoms with E-state index in [1.807, 2.05) is 42.5 Å². The van der Waals surface area contributed by atoms with E-state index in [9.17, 15) is 10.1 Å². The van der Waals surface area contributed by atoms with Crippen molar-refractivity contribution in [3.05, 3.63) is 82.6 Å². The molecule has 6 heteroatoms. The summed E-state index contributed by atoms with van der Waals surface area (Å²) >= 11 is 6.44. The van der Waals surface area contributed by atoms with Gasteiger partial charge < -0.3 is 5.32 Å². The van der Waals surface area contributed by atoms with Crippen LogP contribution in [0.15, 0.2) is 66.2 Å². The first-order chi connectivity index (χ1) is 12.6. The molecule has 0 aliphatic heterocycles. The van der Waals surface area contributed by atoms with E-state index in [1.165, 1.54) is 6.08 Å². The molecule has 3 aromatic rings. The highest BCUT2D eigenvalue weighted by Gasteiger charge is 2.16. The molecule has 128 valence electrons. The van der Waals surface area contributed by atoms with Crippen LogP contribution in [0.3, 0.4) is 0 Å².